The van der Waals surface area contributed by atoms with Gasteiger partial charge in [-0.1, -0.05) is 34.6 Å². The first-order valence-corrected chi connectivity index (χ1v) is 8.83. The summed E-state index contributed by atoms with van der Waals surface area (Å²) in [5, 5.41) is 0. The number of carbonyl (C=O) groups excluding carboxylic acids is 2. The van der Waals surface area contributed by atoms with Crippen molar-refractivity contribution in [1.82, 2.24) is 9.80 Å². The molecule has 0 saturated carbocycles. The molecule has 0 aromatic rings. The van der Waals surface area contributed by atoms with Crippen molar-refractivity contribution in [3.05, 3.63) is 0 Å². The van der Waals surface area contributed by atoms with E-state index in [0.717, 1.165) is 19.3 Å². The third-order valence-corrected chi connectivity index (χ3v) is 4.57. The van der Waals surface area contributed by atoms with E-state index in [1.807, 2.05) is 7.05 Å². The van der Waals surface area contributed by atoms with Crippen molar-refractivity contribution in [2.75, 3.05) is 20.1 Å². The molecular formula is C18H35N3O2. The third kappa shape index (κ3) is 6.13. The summed E-state index contributed by atoms with van der Waals surface area (Å²) < 4.78 is 0. The van der Waals surface area contributed by atoms with E-state index in [-0.39, 0.29) is 29.3 Å². The van der Waals surface area contributed by atoms with E-state index in [0.29, 0.717) is 25.4 Å². The molecule has 0 spiro atoms. The number of nitrogens with two attached hydrogens (primary N) is 1. The largest absolute Gasteiger partial charge is 0.344 e. The fourth-order valence-electron chi connectivity index (χ4n) is 2.92. The van der Waals surface area contributed by atoms with Crippen LogP contribution in [0.3, 0.4) is 0 Å². The number of rotatable bonds is 6. The van der Waals surface area contributed by atoms with Crippen LogP contribution < -0.4 is 5.73 Å². The normalized spacial score (nSPS) is 20.0. The smallest absolute Gasteiger partial charge is 0.245 e. The third-order valence-electron chi connectivity index (χ3n) is 4.57. The highest BCUT2D eigenvalue weighted by molar-refractivity contribution is 5.88. The molecule has 1 saturated heterocycles. The van der Waals surface area contributed by atoms with Gasteiger partial charge in [-0.05, 0) is 30.6 Å². The van der Waals surface area contributed by atoms with Crippen molar-refractivity contribution in [3.63, 3.8) is 0 Å². The van der Waals surface area contributed by atoms with Gasteiger partial charge in [0, 0.05) is 32.6 Å². The molecule has 134 valence electrons. The number of likely N-dealkylation sites (N-methyl/N-ethyl adjacent to an activating group) is 1. The molecule has 2 N–H and O–H groups in total. The second-order valence-electron chi connectivity index (χ2n) is 8.44. The Morgan fingerprint density at radius 1 is 1.30 bits per heavy atom. The number of likely N-dealkylation sites (tertiary alicyclic amines) is 1. The van der Waals surface area contributed by atoms with Gasteiger partial charge in [0.2, 0.25) is 11.8 Å². The van der Waals surface area contributed by atoms with Gasteiger partial charge in [0.15, 0.2) is 0 Å². The highest BCUT2D eigenvalue weighted by Crippen LogP contribution is 2.25. The van der Waals surface area contributed by atoms with Crippen LogP contribution >= 0.6 is 0 Å². The van der Waals surface area contributed by atoms with E-state index in [4.69, 9.17) is 5.73 Å². The number of hydrogen-bond acceptors (Lipinski definition) is 3. The number of nitrogens with zero attached hydrogens (tertiary/aromatic N) is 2. The van der Waals surface area contributed by atoms with Gasteiger partial charge in [-0.2, -0.15) is 0 Å². The topological polar surface area (TPSA) is 66.6 Å². The van der Waals surface area contributed by atoms with Gasteiger partial charge in [0.05, 0.1) is 0 Å². The van der Waals surface area contributed by atoms with Gasteiger partial charge in [-0.25, -0.2) is 0 Å². The SMILES string of the molecule is CC(C)C(N)CCN(C)C(=O)C1CCCN1C(=O)CC(C)(C)C. The molecule has 0 aromatic carbocycles. The van der Waals surface area contributed by atoms with Gasteiger partial charge in [0.25, 0.3) is 0 Å². The van der Waals surface area contributed by atoms with Crippen LogP contribution in [0.5, 0.6) is 0 Å². The van der Waals surface area contributed by atoms with Crippen LogP contribution in [0.15, 0.2) is 0 Å². The minimum Gasteiger partial charge on any atom is -0.344 e. The van der Waals surface area contributed by atoms with E-state index in [9.17, 15) is 9.59 Å². The van der Waals surface area contributed by atoms with Gasteiger partial charge in [0.1, 0.15) is 6.04 Å². The molecule has 1 rings (SSSR count). The van der Waals surface area contributed by atoms with Gasteiger partial charge in [-0.15, -0.1) is 0 Å². The van der Waals surface area contributed by atoms with Crippen molar-refractivity contribution >= 4 is 11.8 Å². The van der Waals surface area contributed by atoms with Crippen LogP contribution in [0.2, 0.25) is 0 Å². The van der Waals surface area contributed by atoms with Crippen LogP contribution in [0.25, 0.3) is 0 Å². The standard InChI is InChI=1S/C18H35N3O2/c1-13(2)14(19)9-11-20(6)17(23)15-8-7-10-21(15)16(22)12-18(3,4)5/h13-15H,7-12,19H2,1-6H3. The Morgan fingerprint density at radius 2 is 1.91 bits per heavy atom. The second kappa shape index (κ2) is 8.13. The Kier molecular flexibility index (Phi) is 7.05. The highest BCUT2D eigenvalue weighted by atomic mass is 16.2. The Balaban J connectivity index is 2.61. The summed E-state index contributed by atoms with van der Waals surface area (Å²) in [4.78, 5) is 28.7. The predicted molar refractivity (Wildman–Crippen MR) is 93.9 cm³/mol. The average molecular weight is 325 g/mol. The molecule has 1 heterocycles. The van der Waals surface area contributed by atoms with E-state index < -0.39 is 0 Å². The summed E-state index contributed by atoms with van der Waals surface area (Å²) in [5.41, 5.74) is 6.01. The van der Waals surface area contributed by atoms with Crippen molar-refractivity contribution < 1.29 is 9.59 Å². The molecule has 0 aromatic heterocycles. The number of amides is 2. The van der Waals surface area contributed by atoms with Gasteiger partial charge >= 0.3 is 0 Å². The fourth-order valence-corrected chi connectivity index (χ4v) is 2.92. The van der Waals surface area contributed by atoms with E-state index >= 15 is 0 Å². The summed E-state index contributed by atoms with van der Waals surface area (Å²) in [6.07, 6.45) is 2.96. The molecule has 2 unspecified atom stereocenters. The highest BCUT2D eigenvalue weighted by Gasteiger charge is 2.36. The van der Waals surface area contributed by atoms with Crippen LogP contribution in [0.1, 0.15) is 60.3 Å². The van der Waals surface area contributed by atoms with Crippen LogP contribution in [0, 0.1) is 11.3 Å². The lowest BCUT2D eigenvalue weighted by Crippen LogP contribution is -2.48. The molecule has 23 heavy (non-hydrogen) atoms. The minimum atomic E-state index is -0.287. The van der Waals surface area contributed by atoms with Gasteiger partial charge < -0.3 is 15.5 Å². The van der Waals surface area contributed by atoms with E-state index in [1.54, 1.807) is 9.80 Å². The summed E-state index contributed by atoms with van der Waals surface area (Å²) in [5.74, 6) is 0.566. The zero-order chi connectivity index (χ0) is 17.8. The lowest BCUT2D eigenvalue weighted by atomic mass is 9.91. The Morgan fingerprint density at radius 3 is 2.43 bits per heavy atom. The fraction of sp³-hybridized carbons (Fsp3) is 0.889. The maximum absolute atomic E-state index is 12.7. The van der Waals surface area contributed by atoms with Crippen molar-refractivity contribution in [2.45, 2.75) is 72.4 Å². The molecule has 2 atom stereocenters. The van der Waals surface area contributed by atoms with E-state index in [1.165, 1.54) is 0 Å². The lowest BCUT2D eigenvalue weighted by Gasteiger charge is -2.30. The average Bonchev–Trinajstić information content (AvgIpc) is 2.90. The molecule has 0 bridgehead atoms. The second-order valence-corrected chi connectivity index (χ2v) is 8.44. The summed E-state index contributed by atoms with van der Waals surface area (Å²) in [6.45, 7) is 11.7. The number of hydrogen-bond donors (Lipinski definition) is 1. The lowest BCUT2D eigenvalue weighted by molar-refractivity contribution is -0.144. The predicted octanol–water partition coefficient (Wildman–Crippen LogP) is 2.25. The van der Waals surface area contributed by atoms with E-state index in [2.05, 4.69) is 34.6 Å². The summed E-state index contributed by atoms with van der Waals surface area (Å²) >= 11 is 0. The molecule has 5 nitrogen and oxygen atoms in total. The summed E-state index contributed by atoms with van der Waals surface area (Å²) in [7, 11) is 1.82. The molecule has 0 aliphatic carbocycles. The monoisotopic (exact) mass is 325 g/mol. The first-order valence-electron chi connectivity index (χ1n) is 8.83. The zero-order valence-electron chi connectivity index (χ0n) is 15.8. The Labute approximate surface area is 141 Å². The maximum atomic E-state index is 12.7. The maximum Gasteiger partial charge on any atom is 0.245 e. The van der Waals surface area contributed by atoms with Crippen LogP contribution in [-0.2, 0) is 9.59 Å². The first kappa shape index (κ1) is 19.9. The van der Waals surface area contributed by atoms with Gasteiger partial charge in [-0.3, -0.25) is 9.59 Å². The number of carbonyl (C=O) groups is 2. The van der Waals surface area contributed by atoms with Crippen LogP contribution in [-0.4, -0.2) is 53.8 Å². The molecule has 0 radical (unpaired) electrons. The van der Waals surface area contributed by atoms with Crippen molar-refractivity contribution in [3.8, 4) is 0 Å². The molecular weight excluding hydrogens is 290 g/mol. The molecule has 5 heteroatoms. The summed E-state index contributed by atoms with van der Waals surface area (Å²) in [6, 6.07) is -0.183. The first-order chi connectivity index (χ1) is 10.5. The zero-order valence-corrected chi connectivity index (χ0v) is 15.8. The minimum absolute atomic E-state index is 0.0524. The Bertz CT molecular complexity index is 415. The van der Waals surface area contributed by atoms with Crippen molar-refractivity contribution in [1.29, 1.82) is 0 Å². The molecule has 1 aliphatic rings. The van der Waals surface area contributed by atoms with Crippen molar-refractivity contribution in [2.24, 2.45) is 17.1 Å². The molecule has 1 aliphatic heterocycles. The molecule has 1 fully saturated rings. The Hall–Kier alpha value is -1.10. The molecule has 2 amide bonds. The quantitative estimate of drug-likeness (QED) is 0.814. The van der Waals surface area contributed by atoms with Crippen LogP contribution in [0.4, 0.5) is 0 Å².